The monoisotopic (exact) mass is 253 g/mol. The Morgan fingerprint density at radius 1 is 1.00 bits per heavy atom. The maximum absolute atomic E-state index is 11.4. The second-order valence-electron chi connectivity index (χ2n) is 3.15. The molecule has 0 N–H and O–H groups in total. The summed E-state index contributed by atoms with van der Waals surface area (Å²) in [5, 5.41) is 0. The molecule has 0 bridgehead atoms. The summed E-state index contributed by atoms with van der Waals surface area (Å²) in [6.07, 6.45) is 1.60. The van der Waals surface area contributed by atoms with E-state index in [0.29, 0.717) is 11.3 Å². The normalized spacial score (nSPS) is 11.3. The van der Waals surface area contributed by atoms with Crippen molar-refractivity contribution in [3.05, 3.63) is 48.7 Å². The van der Waals surface area contributed by atoms with Crippen LogP contribution < -0.4 is 0 Å². The number of hydrogen-bond donors (Lipinski definition) is 0. The van der Waals surface area contributed by atoms with Crippen LogP contribution in [0.3, 0.4) is 0 Å². The molecule has 0 aliphatic rings. The van der Waals surface area contributed by atoms with Crippen LogP contribution in [0.2, 0.25) is 0 Å². The number of aromatic nitrogens is 1. The summed E-state index contributed by atoms with van der Waals surface area (Å²) in [5.41, 5.74) is 1.10. The summed E-state index contributed by atoms with van der Waals surface area (Å²) < 4.78 is 22.7. The van der Waals surface area contributed by atoms with Crippen LogP contribution in [0.1, 0.15) is 0 Å². The van der Waals surface area contributed by atoms with Gasteiger partial charge >= 0.3 is 0 Å². The highest BCUT2D eigenvalue weighted by atomic mass is 35.7. The molecule has 0 saturated heterocycles. The van der Waals surface area contributed by atoms with Gasteiger partial charge in [0.05, 0.1) is 10.6 Å². The first-order valence-corrected chi connectivity index (χ1v) is 6.85. The molecule has 0 atom stereocenters. The van der Waals surface area contributed by atoms with Gasteiger partial charge in [-0.1, -0.05) is 24.3 Å². The van der Waals surface area contributed by atoms with Crippen LogP contribution in [0.15, 0.2) is 53.6 Å². The lowest BCUT2D eigenvalue weighted by Crippen LogP contribution is -1.95. The van der Waals surface area contributed by atoms with Gasteiger partial charge in [-0.15, -0.1) is 0 Å². The lowest BCUT2D eigenvalue weighted by Gasteiger charge is -2.05. The van der Waals surface area contributed by atoms with Crippen LogP contribution in [-0.2, 0) is 9.05 Å². The molecule has 0 saturated carbocycles. The number of hydrogen-bond acceptors (Lipinski definition) is 3. The largest absolute Gasteiger partial charge is 0.261 e. The summed E-state index contributed by atoms with van der Waals surface area (Å²) in [6.45, 7) is 0. The Hall–Kier alpha value is -1.39. The molecule has 1 aromatic carbocycles. The minimum absolute atomic E-state index is 0.0790. The molecular formula is C11H8ClNO2S. The fraction of sp³-hybridized carbons (Fsp3) is 0. The van der Waals surface area contributed by atoms with E-state index < -0.39 is 9.05 Å². The van der Waals surface area contributed by atoms with Crippen molar-refractivity contribution in [3.63, 3.8) is 0 Å². The Morgan fingerprint density at radius 2 is 1.69 bits per heavy atom. The van der Waals surface area contributed by atoms with Crippen molar-refractivity contribution >= 4 is 19.7 Å². The van der Waals surface area contributed by atoms with Crippen molar-refractivity contribution in [1.82, 2.24) is 4.98 Å². The molecule has 0 fully saturated rings. The average Bonchev–Trinajstić information content (AvgIpc) is 2.29. The van der Waals surface area contributed by atoms with E-state index in [1.165, 1.54) is 6.07 Å². The topological polar surface area (TPSA) is 47.0 Å². The summed E-state index contributed by atoms with van der Waals surface area (Å²) >= 11 is 0. The summed E-state index contributed by atoms with van der Waals surface area (Å²) in [6, 6.07) is 11.8. The van der Waals surface area contributed by atoms with E-state index in [1.54, 1.807) is 42.6 Å². The van der Waals surface area contributed by atoms with Crippen LogP contribution in [0, 0.1) is 0 Å². The Kier molecular flexibility index (Phi) is 2.94. The van der Waals surface area contributed by atoms with Crippen LogP contribution in [0.4, 0.5) is 0 Å². The fourth-order valence-corrected chi connectivity index (χ4v) is 2.49. The molecule has 0 radical (unpaired) electrons. The quantitative estimate of drug-likeness (QED) is 0.773. The zero-order valence-electron chi connectivity index (χ0n) is 8.17. The molecule has 1 heterocycles. The first kappa shape index (κ1) is 11.1. The molecule has 0 spiro atoms. The van der Waals surface area contributed by atoms with Crippen molar-refractivity contribution < 1.29 is 8.42 Å². The van der Waals surface area contributed by atoms with Crippen LogP contribution in [0.25, 0.3) is 11.3 Å². The minimum atomic E-state index is -3.75. The molecule has 0 aliphatic carbocycles. The molecular weight excluding hydrogens is 246 g/mol. The molecule has 1 aromatic heterocycles. The van der Waals surface area contributed by atoms with Gasteiger partial charge in [-0.25, -0.2) is 8.42 Å². The Morgan fingerprint density at radius 3 is 2.31 bits per heavy atom. The predicted octanol–water partition coefficient (Wildman–Crippen LogP) is 2.68. The van der Waals surface area contributed by atoms with Crippen molar-refractivity contribution in [2.24, 2.45) is 0 Å². The third-order valence-electron chi connectivity index (χ3n) is 2.09. The Bertz CT molecular complexity index is 596. The molecule has 0 unspecified atom stereocenters. The minimum Gasteiger partial charge on any atom is -0.256 e. The molecule has 2 aromatic rings. The molecule has 82 valence electrons. The standard InChI is InChI=1S/C11H8ClNO2S/c12-16(14,15)11-7-2-1-5-9(11)10-6-3-4-8-13-10/h1-8H. The number of nitrogens with zero attached hydrogens (tertiary/aromatic N) is 1. The predicted molar refractivity (Wildman–Crippen MR) is 62.7 cm³/mol. The van der Waals surface area contributed by atoms with Gasteiger partial charge in [-0.3, -0.25) is 4.98 Å². The Balaban J connectivity index is 2.68. The average molecular weight is 254 g/mol. The zero-order valence-corrected chi connectivity index (χ0v) is 9.74. The van der Waals surface area contributed by atoms with Crippen molar-refractivity contribution in [3.8, 4) is 11.3 Å². The van der Waals surface area contributed by atoms with Crippen molar-refractivity contribution in [2.45, 2.75) is 4.90 Å². The van der Waals surface area contributed by atoms with Gasteiger partial charge in [-0.05, 0) is 18.2 Å². The Labute approximate surface area is 98.1 Å². The summed E-state index contributed by atoms with van der Waals surface area (Å²) in [4.78, 5) is 4.18. The van der Waals surface area contributed by atoms with Crippen LogP contribution in [-0.4, -0.2) is 13.4 Å². The highest BCUT2D eigenvalue weighted by Gasteiger charge is 2.16. The number of benzene rings is 1. The maximum atomic E-state index is 11.4. The van der Waals surface area contributed by atoms with E-state index in [4.69, 9.17) is 10.7 Å². The van der Waals surface area contributed by atoms with E-state index in [1.807, 2.05) is 0 Å². The number of halogens is 1. The van der Waals surface area contributed by atoms with Crippen LogP contribution >= 0.6 is 10.7 Å². The van der Waals surface area contributed by atoms with Crippen molar-refractivity contribution in [2.75, 3.05) is 0 Å². The molecule has 5 heteroatoms. The van der Waals surface area contributed by atoms with E-state index in [2.05, 4.69) is 4.98 Å². The van der Waals surface area contributed by atoms with E-state index in [9.17, 15) is 8.42 Å². The van der Waals surface area contributed by atoms with Gasteiger partial charge in [0.1, 0.15) is 0 Å². The fourth-order valence-electron chi connectivity index (χ4n) is 1.41. The van der Waals surface area contributed by atoms with E-state index in [0.717, 1.165) is 0 Å². The van der Waals surface area contributed by atoms with Gasteiger partial charge in [0.2, 0.25) is 0 Å². The van der Waals surface area contributed by atoms with Gasteiger partial charge < -0.3 is 0 Å². The van der Waals surface area contributed by atoms with E-state index in [-0.39, 0.29) is 4.90 Å². The third kappa shape index (κ3) is 2.23. The van der Waals surface area contributed by atoms with Crippen LogP contribution in [0.5, 0.6) is 0 Å². The molecule has 0 aliphatic heterocycles. The van der Waals surface area contributed by atoms with Gasteiger partial charge in [0.25, 0.3) is 9.05 Å². The summed E-state index contributed by atoms with van der Waals surface area (Å²) in [5.74, 6) is 0. The van der Waals surface area contributed by atoms with E-state index >= 15 is 0 Å². The zero-order chi connectivity index (χ0) is 11.6. The highest BCUT2D eigenvalue weighted by molar-refractivity contribution is 8.13. The first-order valence-electron chi connectivity index (χ1n) is 4.54. The first-order chi connectivity index (χ1) is 7.59. The maximum Gasteiger partial charge on any atom is 0.261 e. The second kappa shape index (κ2) is 4.23. The number of rotatable bonds is 2. The lowest BCUT2D eigenvalue weighted by atomic mass is 10.1. The molecule has 16 heavy (non-hydrogen) atoms. The second-order valence-corrected chi connectivity index (χ2v) is 5.68. The highest BCUT2D eigenvalue weighted by Crippen LogP contribution is 2.27. The van der Waals surface area contributed by atoms with Gasteiger partial charge in [0.15, 0.2) is 0 Å². The third-order valence-corrected chi connectivity index (χ3v) is 3.47. The van der Waals surface area contributed by atoms with Gasteiger partial charge in [0, 0.05) is 22.4 Å². The number of pyridine rings is 1. The molecule has 2 rings (SSSR count). The van der Waals surface area contributed by atoms with Gasteiger partial charge in [-0.2, -0.15) is 0 Å². The lowest BCUT2D eigenvalue weighted by molar-refractivity contribution is 0.610. The smallest absolute Gasteiger partial charge is 0.256 e. The molecule has 0 amide bonds. The summed E-state index contributed by atoms with van der Waals surface area (Å²) in [7, 11) is 1.61. The molecule has 3 nitrogen and oxygen atoms in total. The van der Waals surface area contributed by atoms with Crippen molar-refractivity contribution in [1.29, 1.82) is 0 Å². The SMILES string of the molecule is O=S(=O)(Cl)c1ccccc1-c1ccccn1.